The zero-order valence-corrected chi connectivity index (χ0v) is 23.1. The summed E-state index contributed by atoms with van der Waals surface area (Å²) in [4.78, 5) is -1.96. The first-order chi connectivity index (χ1) is 18.8. The Hall–Kier alpha value is -0.400. The number of aliphatic hydroxyl groups excluding tert-OH is 8. The number of rotatable bonds is 9. The third-order valence-corrected chi connectivity index (χ3v) is 8.41. The highest BCUT2D eigenvalue weighted by atomic mass is 32.2. The van der Waals surface area contributed by atoms with Crippen molar-refractivity contribution in [1.29, 1.82) is 0 Å². The number of nitrogens with two attached hydrogens (primary N) is 3. The Morgan fingerprint density at radius 3 is 1.90 bits per heavy atom. The smallest absolute Gasteiger partial charge is 0.222 e. The van der Waals surface area contributed by atoms with E-state index in [9.17, 15) is 40.9 Å². The van der Waals surface area contributed by atoms with Crippen LogP contribution < -0.4 is 17.2 Å². The molecule has 2 unspecified atom stereocenters. The molecule has 3 aliphatic rings. The van der Waals surface area contributed by atoms with Crippen molar-refractivity contribution in [3.05, 3.63) is 0 Å². The van der Waals surface area contributed by atoms with Crippen molar-refractivity contribution >= 4 is 28.4 Å². The highest BCUT2D eigenvalue weighted by molar-refractivity contribution is 8.23. The lowest BCUT2D eigenvalue weighted by molar-refractivity contribution is -0.351. The molecule has 234 valence electrons. The predicted molar refractivity (Wildman–Crippen MR) is 138 cm³/mol. The number of aliphatic hydroxyl groups is 8. The van der Waals surface area contributed by atoms with Crippen LogP contribution in [0.2, 0.25) is 0 Å². The Kier molecular flexibility index (Phi) is 12.3. The maximum Gasteiger partial charge on any atom is 0.222 e. The van der Waals surface area contributed by atoms with E-state index in [2.05, 4.69) is 0 Å². The SMILES string of the molecule is CCOC(=S)S[C@@]1(CO)O[C@H](OC2[C@@H](CO)O[C@@H](OC3[C@@H](CO)O[C@@H](O)[C@H](N)[C@H]3O)[C@H](N)[C@H]2O)[C@H](N)[C@@H](O)[C@@H]1O. The van der Waals surface area contributed by atoms with Gasteiger partial charge in [-0.2, -0.15) is 0 Å². The topological polar surface area (TPSA) is 295 Å². The summed E-state index contributed by atoms with van der Waals surface area (Å²) in [5.41, 5.74) is 17.9. The molecule has 3 heterocycles. The lowest BCUT2D eigenvalue weighted by Crippen LogP contribution is -2.71. The summed E-state index contributed by atoms with van der Waals surface area (Å²) >= 11 is 5.70. The molecule has 3 aliphatic heterocycles. The second kappa shape index (κ2) is 14.4. The summed E-state index contributed by atoms with van der Waals surface area (Å²) in [6, 6.07) is -4.09. The molecule has 19 heteroatoms. The van der Waals surface area contributed by atoms with Crippen LogP contribution in [0.1, 0.15) is 6.92 Å². The molecule has 0 aromatic carbocycles. The van der Waals surface area contributed by atoms with Crippen LogP contribution >= 0.6 is 24.0 Å². The normalized spacial score (nSPS) is 48.1. The average molecular weight is 622 g/mol. The van der Waals surface area contributed by atoms with Gasteiger partial charge in [-0.3, -0.25) is 0 Å². The molecule has 0 saturated carbocycles. The average Bonchev–Trinajstić information content (AvgIpc) is 2.93. The van der Waals surface area contributed by atoms with E-state index >= 15 is 0 Å². The molecule has 0 radical (unpaired) electrons. The molecule has 0 aliphatic carbocycles. The van der Waals surface area contributed by atoms with Crippen molar-refractivity contribution in [2.75, 3.05) is 26.4 Å². The van der Waals surface area contributed by atoms with Gasteiger partial charge in [0.1, 0.15) is 48.8 Å². The second-order valence-electron chi connectivity index (χ2n) is 9.56. The van der Waals surface area contributed by atoms with Gasteiger partial charge in [0.2, 0.25) is 4.38 Å². The van der Waals surface area contributed by atoms with Crippen LogP contribution in [-0.4, -0.2) is 162 Å². The minimum atomic E-state index is -1.96. The summed E-state index contributed by atoms with van der Waals surface area (Å²) in [6.07, 6.45) is -16.6. The molecule has 3 saturated heterocycles. The Morgan fingerprint density at radius 1 is 0.825 bits per heavy atom. The minimum absolute atomic E-state index is 0.101. The van der Waals surface area contributed by atoms with Crippen molar-refractivity contribution in [1.82, 2.24) is 0 Å². The van der Waals surface area contributed by atoms with Gasteiger partial charge in [-0.25, -0.2) is 0 Å². The van der Waals surface area contributed by atoms with E-state index in [4.69, 9.17) is 57.8 Å². The van der Waals surface area contributed by atoms with Gasteiger partial charge in [-0.15, -0.1) is 0 Å². The van der Waals surface area contributed by atoms with Crippen molar-refractivity contribution in [3.8, 4) is 0 Å². The Morgan fingerprint density at radius 2 is 1.35 bits per heavy atom. The minimum Gasteiger partial charge on any atom is -0.479 e. The summed E-state index contributed by atoms with van der Waals surface area (Å²) in [5, 5.41) is 82.3. The third kappa shape index (κ3) is 6.87. The molecule has 15 atom stereocenters. The fraction of sp³-hybridized carbons (Fsp3) is 0.952. The Balaban J connectivity index is 1.78. The van der Waals surface area contributed by atoms with Crippen molar-refractivity contribution in [2.24, 2.45) is 17.2 Å². The largest absolute Gasteiger partial charge is 0.479 e. The quantitative estimate of drug-likeness (QED) is 0.107. The first-order valence-electron chi connectivity index (χ1n) is 12.5. The first-order valence-corrected chi connectivity index (χ1v) is 13.7. The molecule has 3 fully saturated rings. The maximum atomic E-state index is 11.0. The monoisotopic (exact) mass is 621 g/mol. The number of thioether (sulfide) groups is 1. The summed E-state index contributed by atoms with van der Waals surface area (Å²) < 4.78 is 33.2. The Labute approximate surface area is 239 Å². The van der Waals surface area contributed by atoms with Crippen LogP contribution in [0.3, 0.4) is 0 Å². The number of hydrogen-bond donors (Lipinski definition) is 11. The van der Waals surface area contributed by atoms with Crippen LogP contribution in [-0.2, 0) is 28.4 Å². The number of hydrogen-bond acceptors (Lipinski definition) is 19. The highest BCUT2D eigenvalue weighted by Crippen LogP contribution is 2.41. The second-order valence-corrected chi connectivity index (χ2v) is 11.5. The van der Waals surface area contributed by atoms with Gasteiger partial charge < -0.3 is 86.5 Å². The molecular weight excluding hydrogens is 582 g/mol. The summed E-state index contributed by atoms with van der Waals surface area (Å²) in [6.45, 7) is -0.426. The van der Waals surface area contributed by atoms with E-state index < -0.39 is 111 Å². The zero-order valence-electron chi connectivity index (χ0n) is 21.5. The number of thiocarbonyl (C=S) groups is 1. The maximum absolute atomic E-state index is 11.0. The van der Waals surface area contributed by atoms with E-state index in [-0.39, 0.29) is 11.0 Å². The molecule has 0 aromatic heterocycles. The van der Waals surface area contributed by atoms with Crippen LogP contribution in [0.4, 0.5) is 0 Å². The highest BCUT2D eigenvalue weighted by Gasteiger charge is 2.57. The first kappa shape index (κ1) is 34.1. The van der Waals surface area contributed by atoms with Gasteiger partial charge in [0.05, 0.1) is 44.6 Å². The standard InChI is InChI=1S/C21H39N3O14S2/c1-2-33-20(39)40-21(5-27)16(31)13(30)10(24)19(38-21)37-15-7(4-26)35-18(9(23)12(15)29)36-14-6(3-25)34-17(32)8(22)11(14)28/h6-19,25-32H,2-5,22-24H2,1H3/t6-,7-,8-,9-,10-,11-,12-,13-,14?,15?,16+,17-,18+,19+,21-/m1/s1. The zero-order chi connectivity index (χ0) is 29.9. The molecular formula is C21H39N3O14S2. The molecule has 0 bridgehead atoms. The molecule has 17 nitrogen and oxygen atoms in total. The van der Waals surface area contributed by atoms with E-state index in [0.717, 1.165) is 0 Å². The number of ether oxygens (including phenoxy) is 6. The van der Waals surface area contributed by atoms with Crippen LogP contribution in [0, 0.1) is 0 Å². The fourth-order valence-corrected chi connectivity index (χ4v) is 6.06. The molecule has 0 aromatic rings. The lowest BCUT2D eigenvalue weighted by Gasteiger charge is -2.50. The van der Waals surface area contributed by atoms with Gasteiger partial charge in [0, 0.05) is 0 Å². The van der Waals surface area contributed by atoms with E-state index in [1.165, 1.54) is 0 Å². The predicted octanol–water partition coefficient (Wildman–Crippen LogP) is -6.29. The van der Waals surface area contributed by atoms with Gasteiger partial charge in [-0.1, -0.05) is 0 Å². The summed E-state index contributed by atoms with van der Waals surface area (Å²) in [7, 11) is 0. The fourth-order valence-electron chi connectivity index (χ4n) is 4.59. The van der Waals surface area contributed by atoms with Crippen molar-refractivity contribution in [3.63, 3.8) is 0 Å². The Bertz CT molecular complexity index is 835. The van der Waals surface area contributed by atoms with Crippen LogP contribution in [0.5, 0.6) is 0 Å². The van der Waals surface area contributed by atoms with Crippen molar-refractivity contribution < 1.29 is 69.3 Å². The molecule has 0 spiro atoms. The lowest BCUT2D eigenvalue weighted by atomic mass is 9.94. The van der Waals surface area contributed by atoms with Crippen LogP contribution in [0.25, 0.3) is 0 Å². The van der Waals surface area contributed by atoms with Crippen molar-refractivity contribution in [2.45, 2.75) is 97.7 Å². The third-order valence-electron chi connectivity index (χ3n) is 6.94. The van der Waals surface area contributed by atoms with Gasteiger partial charge >= 0.3 is 0 Å². The molecule has 14 N–H and O–H groups in total. The van der Waals surface area contributed by atoms with E-state index in [1.54, 1.807) is 6.92 Å². The molecule has 40 heavy (non-hydrogen) atoms. The van der Waals surface area contributed by atoms with Crippen LogP contribution in [0.15, 0.2) is 0 Å². The molecule has 3 rings (SSSR count). The van der Waals surface area contributed by atoms with Gasteiger partial charge in [0.25, 0.3) is 0 Å². The van der Waals surface area contributed by atoms with Gasteiger partial charge in [0.15, 0.2) is 23.8 Å². The van der Waals surface area contributed by atoms with Gasteiger partial charge in [-0.05, 0) is 30.9 Å². The summed E-state index contributed by atoms with van der Waals surface area (Å²) in [5.74, 6) is 0. The van der Waals surface area contributed by atoms with E-state index in [0.29, 0.717) is 11.8 Å². The van der Waals surface area contributed by atoms with E-state index in [1.807, 2.05) is 0 Å². The molecule has 0 amide bonds.